The quantitative estimate of drug-likeness (QED) is 0.605. The first-order valence-corrected chi connectivity index (χ1v) is 4.56. The lowest BCUT2D eigenvalue weighted by Gasteiger charge is -2.29. The van der Waals surface area contributed by atoms with E-state index in [0.29, 0.717) is 10.8 Å². The molecule has 4 nitrogen and oxygen atoms in total. The molecule has 1 saturated carbocycles. The fraction of sp³-hybridized carbons (Fsp3) is 0.625. The third kappa shape index (κ3) is 1.23. The van der Waals surface area contributed by atoms with Gasteiger partial charge in [0, 0.05) is 5.71 Å². The van der Waals surface area contributed by atoms with Crippen LogP contribution in [0.25, 0.3) is 0 Å². The minimum Gasteiger partial charge on any atom is -0.481 e. The normalized spacial score (nSPS) is 29.5. The average Bonchev–Trinajstić information content (AvgIpc) is 2.65. The van der Waals surface area contributed by atoms with E-state index < -0.39 is 11.9 Å². The minimum absolute atomic E-state index is 0.311. The summed E-state index contributed by atoms with van der Waals surface area (Å²) in [6.07, 6.45) is 1.74. The monoisotopic (exact) mass is 198 g/mol. The second kappa shape index (κ2) is 2.51. The molecule has 0 aromatic heterocycles. The smallest absolute Gasteiger partial charge is 0.314 e. The Hall–Kier alpha value is -0.970. The molecule has 1 spiro atoms. The van der Waals surface area contributed by atoms with Gasteiger partial charge in [-0.25, -0.2) is 4.99 Å². The number of hydrogen-bond acceptors (Lipinski definition) is 2. The lowest BCUT2D eigenvalue weighted by atomic mass is 9.91. The van der Waals surface area contributed by atoms with Crippen LogP contribution in [0.2, 0.25) is 0 Å². The molecule has 1 aliphatic heterocycles. The molecular formula is C8H10N2O2S. The van der Waals surface area contributed by atoms with Crippen molar-refractivity contribution in [1.29, 1.82) is 0 Å². The van der Waals surface area contributed by atoms with Gasteiger partial charge in [-0.2, -0.15) is 0 Å². The van der Waals surface area contributed by atoms with Crippen LogP contribution in [-0.4, -0.2) is 27.4 Å². The summed E-state index contributed by atoms with van der Waals surface area (Å²) < 4.78 is 0. The van der Waals surface area contributed by atoms with Crippen molar-refractivity contribution in [3.63, 3.8) is 0 Å². The molecule has 0 aromatic rings. The Balaban J connectivity index is 2.37. The van der Waals surface area contributed by atoms with Crippen molar-refractivity contribution >= 4 is 29.0 Å². The standard InChI is InChI=1S/C8H10N2O2S/c1-4-5(6(11)12)8(2-3-8)10-7(13)9-4/h5H,2-3H2,1H3,(H,10,13)(H,11,12). The zero-order valence-corrected chi connectivity index (χ0v) is 8.02. The molecule has 1 unspecified atom stereocenters. The number of carbonyl (C=O) groups is 1. The van der Waals surface area contributed by atoms with Crippen LogP contribution < -0.4 is 5.32 Å². The molecular weight excluding hydrogens is 188 g/mol. The van der Waals surface area contributed by atoms with Gasteiger partial charge in [-0.15, -0.1) is 0 Å². The van der Waals surface area contributed by atoms with Crippen LogP contribution >= 0.6 is 12.2 Å². The van der Waals surface area contributed by atoms with Crippen molar-refractivity contribution in [2.45, 2.75) is 25.3 Å². The van der Waals surface area contributed by atoms with E-state index in [1.165, 1.54) is 0 Å². The molecule has 2 rings (SSSR count). The second-order valence-electron chi connectivity index (χ2n) is 3.61. The van der Waals surface area contributed by atoms with Gasteiger partial charge in [-0.3, -0.25) is 4.79 Å². The fourth-order valence-corrected chi connectivity index (χ4v) is 2.25. The maximum atomic E-state index is 11.0. The maximum Gasteiger partial charge on any atom is 0.314 e. The molecule has 1 atom stereocenters. The highest BCUT2D eigenvalue weighted by Crippen LogP contribution is 2.44. The first-order valence-electron chi connectivity index (χ1n) is 4.15. The number of carboxylic acids is 1. The Kier molecular flexibility index (Phi) is 1.66. The summed E-state index contributed by atoms with van der Waals surface area (Å²) >= 11 is 4.92. The van der Waals surface area contributed by atoms with E-state index in [2.05, 4.69) is 10.3 Å². The van der Waals surface area contributed by atoms with E-state index in [1.807, 2.05) is 0 Å². The van der Waals surface area contributed by atoms with Crippen LogP contribution in [0.1, 0.15) is 19.8 Å². The molecule has 0 saturated heterocycles. The predicted molar refractivity (Wildman–Crippen MR) is 51.9 cm³/mol. The number of carboxylic acid groups (broad SMARTS) is 1. The van der Waals surface area contributed by atoms with Crippen molar-refractivity contribution in [2.24, 2.45) is 10.9 Å². The maximum absolute atomic E-state index is 11.0. The van der Waals surface area contributed by atoms with Crippen molar-refractivity contribution in [1.82, 2.24) is 5.32 Å². The predicted octanol–water partition coefficient (Wildman–Crippen LogP) is 0.569. The van der Waals surface area contributed by atoms with Crippen LogP contribution in [-0.2, 0) is 4.79 Å². The first kappa shape index (κ1) is 8.62. The molecule has 13 heavy (non-hydrogen) atoms. The van der Waals surface area contributed by atoms with Gasteiger partial charge in [0.2, 0.25) is 0 Å². The summed E-state index contributed by atoms with van der Waals surface area (Å²) in [6, 6.07) is 0. The zero-order valence-electron chi connectivity index (χ0n) is 7.20. The Morgan fingerprint density at radius 3 is 2.85 bits per heavy atom. The number of thiocarbonyl (C=S) groups is 1. The molecule has 0 amide bonds. The number of aliphatic imine (C=N–C) groups is 1. The van der Waals surface area contributed by atoms with Gasteiger partial charge < -0.3 is 10.4 Å². The summed E-state index contributed by atoms with van der Waals surface area (Å²) in [6.45, 7) is 1.73. The van der Waals surface area contributed by atoms with E-state index in [9.17, 15) is 4.79 Å². The Bertz CT molecular complexity index is 320. The summed E-state index contributed by atoms with van der Waals surface area (Å²) in [5, 5.41) is 12.4. The molecule has 0 radical (unpaired) electrons. The number of hydrogen-bond donors (Lipinski definition) is 2. The SMILES string of the molecule is CC1=NC(=S)NC2(CC2)C1C(=O)O. The lowest BCUT2D eigenvalue weighted by molar-refractivity contribution is -0.140. The number of rotatable bonds is 1. The molecule has 1 heterocycles. The number of aliphatic carboxylic acids is 1. The molecule has 1 fully saturated rings. The summed E-state index contributed by atoms with van der Waals surface area (Å²) in [7, 11) is 0. The zero-order chi connectivity index (χ0) is 9.64. The molecule has 70 valence electrons. The summed E-state index contributed by atoms with van der Waals surface area (Å²) in [5.41, 5.74) is 0.308. The van der Waals surface area contributed by atoms with Gasteiger partial charge in [0.05, 0.1) is 5.54 Å². The highest BCUT2D eigenvalue weighted by molar-refractivity contribution is 7.80. The third-order valence-electron chi connectivity index (χ3n) is 2.64. The molecule has 1 aliphatic carbocycles. The highest BCUT2D eigenvalue weighted by atomic mass is 32.1. The minimum atomic E-state index is -0.811. The van der Waals surface area contributed by atoms with Gasteiger partial charge in [-0.1, -0.05) is 0 Å². The third-order valence-corrected chi connectivity index (χ3v) is 2.83. The van der Waals surface area contributed by atoms with Crippen LogP contribution in [0, 0.1) is 5.92 Å². The van der Waals surface area contributed by atoms with Crippen LogP contribution in [0.5, 0.6) is 0 Å². The Labute approximate surface area is 81.0 Å². The summed E-state index contributed by atoms with van der Waals surface area (Å²) in [5.74, 6) is -1.31. The molecule has 0 aromatic carbocycles. The van der Waals surface area contributed by atoms with E-state index in [4.69, 9.17) is 17.3 Å². The second-order valence-corrected chi connectivity index (χ2v) is 4.00. The number of nitrogens with zero attached hydrogens (tertiary/aromatic N) is 1. The van der Waals surface area contributed by atoms with Crippen molar-refractivity contribution < 1.29 is 9.90 Å². The van der Waals surface area contributed by atoms with Gasteiger partial charge in [0.25, 0.3) is 0 Å². The fourth-order valence-electron chi connectivity index (χ4n) is 1.90. The van der Waals surface area contributed by atoms with Crippen LogP contribution in [0.4, 0.5) is 0 Å². The van der Waals surface area contributed by atoms with Crippen molar-refractivity contribution in [3.05, 3.63) is 0 Å². The molecule has 2 N–H and O–H groups in total. The highest BCUT2D eigenvalue weighted by Gasteiger charge is 2.56. The topological polar surface area (TPSA) is 61.7 Å². The number of nitrogens with one attached hydrogen (secondary N) is 1. The van der Waals surface area contributed by atoms with Gasteiger partial charge in [0.1, 0.15) is 5.92 Å². The van der Waals surface area contributed by atoms with E-state index in [-0.39, 0.29) is 5.54 Å². The van der Waals surface area contributed by atoms with Crippen molar-refractivity contribution in [2.75, 3.05) is 0 Å². The first-order chi connectivity index (χ1) is 6.05. The Morgan fingerprint density at radius 1 is 1.77 bits per heavy atom. The Morgan fingerprint density at radius 2 is 2.38 bits per heavy atom. The van der Waals surface area contributed by atoms with Gasteiger partial charge in [0.15, 0.2) is 5.11 Å². The summed E-state index contributed by atoms with van der Waals surface area (Å²) in [4.78, 5) is 14.9. The van der Waals surface area contributed by atoms with Crippen LogP contribution in [0.15, 0.2) is 4.99 Å². The molecule has 0 bridgehead atoms. The lowest BCUT2D eigenvalue weighted by Crippen LogP contribution is -2.51. The van der Waals surface area contributed by atoms with Crippen molar-refractivity contribution in [3.8, 4) is 0 Å². The molecule has 5 heteroatoms. The van der Waals surface area contributed by atoms with Gasteiger partial charge >= 0.3 is 5.97 Å². The van der Waals surface area contributed by atoms with Crippen LogP contribution in [0.3, 0.4) is 0 Å². The van der Waals surface area contributed by atoms with E-state index in [1.54, 1.807) is 6.92 Å². The van der Waals surface area contributed by atoms with Gasteiger partial charge in [-0.05, 0) is 32.0 Å². The van der Waals surface area contributed by atoms with E-state index >= 15 is 0 Å². The average molecular weight is 198 g/mol. The van der Waals surface area contributed by atoms with E-state index in [0.717, 1.165) is 12.8 Å². The largest absolute Gasteiger partial charge is 0.481 e. The molecule has 2 aliphatic rings.